The molecule has 16 heteroatoms. The van der Waals surface area contributed by atoms with E-state index >= 15 is 0 Å². The normalized spacial score (nSPS) is 39.8. The lowest BCUT2D eigenvalue weighted by atomic mass is 9.68. The Morgan fingerprint density at radius 2 is 1.52 bits per heavy atom. The van der Waals surface area contributed by atoms with E-state index in [0.717, 1.165) is 17.6 Å². The molecule has 0 aromatic heterocycles. The second-order valence-electron chi connectivity index (χ2n) is 22.6. The molecule has 1 aliphatic carbocycles. The molecule has 18 atom stereocenters. The number of methoxy groups -OCH3 is 3. The number of carbonyl (C=O) groups is 5. The first-order chi connectivity index (χ1) is 34.8. The summed E-state index contributed by atoms with van der Waals surface area (Å²) < 4.78 is 30.7. The van der Waals surface area contributed by atoms with Gasteiger partial charge in [-0.1, -0.05) is 81.6 Å². The molecule has 406 valence electrons. The molecule has 1 aromatic rings. The van der Waals surface area contributed by atoms with Crippen LogP contribution in [0.1, 0.15) is 132 Å². The number of esters is 1. The molecule has 1 saturated carbocycles. The number of anilines is 1. The Bertz CT molecular complexity index is 2180. The van der Waals surface area contributed by atoms with E-state index in [1.54, 1.807) is 39.5 Å². The Morgan fingerprint density at radius 3 is 2.21 bits per heavy atom. The summed E-state index contributed by atoms with van der Waals surface area (Å²) in [6.07, 6.45) is 6.61. The second kappa shape index (κ2) is 25.3. The van der Waals surface area contributed by atoms with Gasteiger partial charge in [-0.15, -0.1) is 0 Å². The van der Waals surface area contributed by atoms with Crippen molar-refractivity contribution < 1.29 is 57.6 Å². The number of Topliss-reactive ketones (excluding diaryl/α,β-unsaturated/α-hetero) is 3. The molecular weight excluding hydrogens is 976 g/mol. The molecule has 5 fully saturated rings. The third-order valence-electron chi connectivity index (χ3n) is 17.7. The van der Waals surface area contributed by atoms with Gasteiger partial charge in [-0.25, -0.2) is 9.86 Å². The van der Waals surface area contributed by atoms with Crippen LogP contribution in [0, 0.1) is 47.3 Å². The first kappa shape index (κ1) is 57.5. The van der Waals surface area contributed by atoms with Crippen molar-refractivity contribution in [3.05, 3.63) is 51.5 Å². The molecular formula is C57H82Cl2N2O12. The van der Waals surface area contributed by atoms with Gasteiger partial charge in [0.15, 0.2) is 5.78 Å². The summed E-state index contributed by atoms with van der Waals surface area (Å²) in [7, 11) is 4.79. The van der Waals surface area contributed by atoms with Crippen molar-refractivity contribution >= 4 is 58.1 Å². The monoisotopic (exact) mass is 1060 g/mol. The van der Waals surface area contributed by atoms with Crippen LogP contribution in [0.2, 0.25) is 10.0 Å². The largest absolute Gasteiger partial charge is 0.460 e. The number of piperidine rings is 1. The summed E-state index contributed by atoms with van der Waals surface area (Å²) in [6.45, 7) is 13.9. The Hall–Kier alpha value is -3.21. The zero-order chi connectivity index (χ0) is 53.0. The number of hydrogen-bond donors (Lipinski definition) is 1. The van der Waals surface area contributed by atoms with Crippen LogP contribution in [0.25, 0.3) is 0 Å². The molecule has 14 nitrogen and oxygen atoms in total. The van der Waals surface area contributed by atoms with Crippen molar-refractivity contribution in [2.75, 3.05) is 32.9 Å². The maximum atomic E-state index is 14.6. The van der Waals surface area contributed by atoms with Gasteiger partial charge in [0.1, 0.15) is 41.9 Å². The summed E-state index contributed by atoms with van der Waals surface area (Å²) in [6, 6.07) is 4.18. The summed E-state index contributed by atoms with van der Waals surface area (Å²) in [5.41, 5.74) is 2.30. The van der Waals surface area contributed by atoms with Crippen LogP contribution in [0.15, 0.2) is 41.5 Å². The first-order valence-electron chi connectivity index (χ1n) is 27.1. The van der Waals surface area contributed by atoms with E-state index in [1.807, 2.05) is 52.7 Å². The fourth-order valence-corrected chi connectivity index (χ4v) is 13.8. The van der Waals surface area contributed by atoms with Crippen LogP contribution in [0.4, 0.5) is 5.69 Å². The smallest absolute Gasteiger partial charge is 0.329 e. The highest BCUT2D eigenvalue weighted by Crippen LogP contribution is 2.46. The van der Waals surface area contributed by atoms with Crippen LogP contribution < -0.4 is 5.06 Å². The van der Waals surface area contributed by atoms with Crippen molar-refractivity contribution in [2.45, 2.75) is 193 Å². The number of nitrogens with zero attached hydrogens (tertiary/aromatic N) is 2. The van der Waals surface area contributed by atoms with Gasteiger partial charge >= 0.3 is 5.97 Å². The van der Waals surface area contributed by atoms with Gasteiger partial charge in [-0.05, 0) is 126 Å². The van der Waals surface area contributed by atoms with Crippen molar-refractivity contribution in [3.8, 4) is 0 Å². The predicted molar refractivity (Wildman–Crippen MR) is 279 cm³/mol. The van der Waals surface area contributed by atoms with E-state index < -0.39 is 72.2 Å². The maximum Gasteiger partial charge on any atom is 0.329 e. The number of hydrogen-bond acceptors (Lipinski definition) is 13. The van der Waals surface area contributed by atoms with Gasteiger partial charge in [0.2, 0.25) is 5.78 Å². The highest BCUT2D eigenvalue weighted by molar-refractivity contribution is 6.39. The Morgan fingerprint density at radius 1 is 0.795 bits per heavy atom. The molecule has 0 radical (unpaired) electrons. The zero-order valence-electron chi connectivity index (χ0n) is 44.8. The minimum atomic E-state index is -1.02. The fourth-order valence-electron chi connectivity index (χ4n) is 13.2. The molecule has 9 aliphatic rings. The number of carbonyl (C=O) groups excluding carboxylic acids is 5. The molecule has 4 saturated heterocycles. The molecule has 10 rings (SSSR count). The quantitative estimate of drug-likeness (QED) is 0.163. The summed E-state index contributed by atoms with van der Waals surface area (Å²) in [4.78, 5) is 80.7. The molecule has 8 aliphatic heterocycles. The molecule has 1 N–H and O–H groups in total. The van der Waals surface area contributed by atoms with Gasteiger partial charge in [0, 0.05) is 64.4 Å². The number of amides is 1. The number of rotatable bonds is 6. The average Bonchev–Trinajstić information content (AvgIpc) is 3.36. The highest BCUT2D eigenvalue weighted by Gasteiger charge is 2.54. The minimum Gasteiger partial charge on any atom is -0.460 e. The van der Waals surface area contributed by atoms with Crippen LogP contribution >= 0.6 is 23.2 Å². The van der Waals surface area contributed by atoms with E-state index in [1.165, 1.54) is 4.90 Å². The lowest BCUT2D eigenvalue weighted by Gasteiger charge is -2.50. The number of allylic oxidation sites excluding steroid dienone is 1. The first-order valence-corrected chi connectivity index (χ1v) is 27.8. The Kier molecular flexibility index (Phi) is 19.9. The summed E-state index contributed by atoms with van der Waals surface area (Å²) >= 11 is 13.8. The van der Waals surface area contributed by atoms with Crippen molar-refractivity contribution in [2.24, 2.45) is 47.3 Å². The van der Waals surface area contributed by atoms with Crippen LogP contribution in [-0.4, -0.2) is 128 Å². The topological polar surface area (TPSA) is 167 Å². The van der Waals surface area contributed by atoms with Gasteiger partial charge < -0.3 is 33.7 Å². The number of ether oxygens (including phenoxy) is 5. The van der Waals surface area contributed by atoms with Gasteiger partial charge in [0.05, 0.1) is 40.5 Å². The number of para-hydroxylation sites is 1. The maximum absolute atomic E-state index is 14.6. The fraction of sp³-hybridized carbons (Fsp3) is 0.737. The van der Waals surface area contributed by atoms with Crippen LogP contribution in [0.5, 0.6) is 0 Å². The second-order valence-corrected chi connectivity index (χ2v) is 23.4. The van der Waals surface area contributed by atoms with E-state index in [9.17, 15) is 29.1 Å². The standard InChI is InChI=1S/C57H82Cl2N2O12/c1-30-16-18-38-28-47(68-8)34(5)25-39-19-20-44(61(73-39)51-42(58)14-11-15-43(51)59)32(3)24-35(6)52(64)55(70-10)36(7)31(2)23-33(4)46(63)29-48-41(26-37-17-21-45(62)49(27-37)69-9)40-13-12-22-60(50(40)57(67)72-48)56(66)53(65)54(30)71-38/h11,14-15,23,25,30,32-33,35-41,44-45,47-50,54-55,62H,12-13,16-22,24,26-29H2,1-10H3/b31-23+,34-25?/t30?,32-,33+,35?,36?,37-,38-,39?,40?,41-,44?,45?,47-,48-,49+,50?,54?,55+/m0/s1. The number of benzene rings is 1. The van der Waals surface area contributed by atoms with Gasteiger partial charge in [0.25, 0.3) is 5.91 Å². The van der Waals surface area contributed by atoms with Crippen molar-refractivity contribution in [3.63, 3.8) is 0 Å². The summed E-state index contributed by atoms with van der Waals surface area (Å²) in [5, 5.41) is 13.4. The lowest BCUT2D eigenvalue weighted by Crippen LogP contribution is -2.63. The Balaban J connectivity index is 1.23. The number of aliphatic hydroxyl groups excluding tert-OH is 1. The van der Waals surface area contributed by atoms with E-state index in [-0.39, 0.29) is 78.3 Å². The molecule has 1 amide bonds. The summed E-state index contributed by atoms with van der Waals surface area (Å²) in [5.74, 6) is -4.37. The zero-order valence-corrected chi connectivity index (χ0v) is 46.3. The SMILES string of the molecule is CO[C@H]1C[C@@H]2CCC(C)C(O2)C(=O)C(=O)N2CCCC3C2C(=O)O[C@@H](CC(=O)[C@H](C)/C=C(\C)C(C)[C@@H](OC)C(=O)C(C)C[C@H](C)C2CCC(C=C1C)ON2c1c(Cl)cccc1Cl)[C@H]3C[C@@H]1CCC(O)[C@H](OC)C1. The highest BCUT2D eigenvalue weighted by atomic mass is 35.5. The Labute approximate surface area is 443 Å². The third-order valence-corrected chi connectivity index (χ3v) is 18.3. The number of aliphatic hydroxyl groups is 1. The van der Waals surface area contributed by atoms with Crippen molar-refractivity contribution in [1.82, 2.24) is 4.90 Å². The van der Waals surface area contributed by atoms with Crippen LogP contribution in [0.3, 0.4) is 0 Å². The van der Waals surface area contributed by atoms with Gasteiger partial charge in [-0.3, -0.25) is 24.0 Å². The molecule has 1 aromatic carbocycles. The molecule has 8 heterocycles. The molecule has 0 spiro atoms. The van der Waals surface area contributed by atoms with Crippen molar-refractivity contribution in [1.29, 1.82) is 0 Å². The predicted octanol–water partition coefficient (Wildman–Crippen LogP) is 9.52. The number of hydroxylamine groups is 1. The van der Waals surface area contributed by atoms with Gasteiger partial charge in [-0.2, -0.15) is 0 Å². The van der Waals surface area contributed by atoms with E-state index in [4.69, 9.17) is 51.7 Å². The third kappa shape index (κ3) is 13.0. The molecule has 73 heavy (non-hydrogen) atoms. The lowest BCUT2D eigenvalue weighted by molar-refractivity contribution is -0.187. The molecule has 8 bridgehead atoms. The average molecular weight is 1060 g/mol. The van der Waals surface area contributed by atoms with E-state index in [2.05, 4.69) is 13.0 Å². The van der Waals surface area contributed by atoms with E-state index in [0.29, 0.717) is 86.4 Å². The minimum absolute atomic E-state index is 0.0373. The number of ketones is 3. The molecule has 9 unspecified atom stereocenters. The number of halogens is 2. The van der Waals surface area contributed by atoms with Crippen LogP contribution in [-0.2, 0) is 52.5 Å².